The number of nitrogens with zero attached hydrogens (tertiary/aromatic N) is 1. The lowest BCUT2D eigenvalue weighted by atomic mass is 10.1. The number of ether oxygens (including phenoxy) is 1. The second kappa shape index (κ2) is 7.17. The predicted octanol–water partition coefficient (Wildman–Crippen LogP) is 2.00. The molecule has 0 saturated heterocycles. The van der Waals surface area contributed by atoms with Gasteiger partial charge in [0.2, 0.25) is 0 Å². The highest BCUT2D eigenvalue weighted by atomic mass is 19.4. The lowest BCUT2D eigenvalue weighted by molar-refractivity contribution is -0.144. The summed E-state index contributed by atoms with van der Waals surface area (Å²) in [4.78, 5) is 1.18. The molecule has 2 N–H and O–H groups in total. The van der Waals surface area contributed by atoms with Crippen LogP contribution >= 0.6 is 0 Å². The highest BCUT2D eigenvalue weighted by molar-refractivity contribution is 5.44. The normalized spacial score (nSPS) is 11.2. The van der Waals surface area contributed by atoms with Gasteiger partial charge in [0.1, 0.15) is 5.75 Å². The Kier molecular flexibility index (Phi) is 5.86. The topological polar surface area (TPSA) is 38.5 Å². The highest BCUT2D eigenvalue weighted by Gasteiger charge is 2.29. The van der Waals surface area contributed by atoms with Crippen molar-refractivity contribution >= 4 is 0 Å². The van der Waals surface area contributed by atoms with Crippen LogP contribution in [0.15, 0.2) is 18.2 Å². The molecule has 0 atom stereocenters. The molecule has 0 aliphatic carbocycles. The third kappa shape index (κ3) is 5.51. The Bertz CT molecular complexity index is 503. The van der Waals surface area contributed by atoms with Gasteiger partial charge in [-0.1, -0.05) is 11.8 Å². The molecule has 1 aromatic carbocycles. The summed E-state index contributed by atoms with van der Waals surface area (Å²) in [6.45, 7) is -0.620. The molecule has 0 radical (unpaired) electrons. The quantitative estimate of drug-likeness (QED) is 0.860. The van der Waals surface area contributed by atoms with E-state index in [4.69, 9.17) is 10.5 Å². The smallest absolute Gasteiger partial charge is 0.401 e. The first-order valence-electron chi connectivity index (χ1n) is 5.97. The van der Waals surface area contributed by atoms with Crippen LogP contribution in [0, 0.1) is 11.8 Å². The molecule has 0 fully saturated rings. The lowest BCUT2D eigenvalue weighted by Crippen LogP contribution is -2.30. The maximum atomic E-state index is 12.3. The number of methoxy groups -OCH3 is 1. The van der Waals surface area contributed by atoms with E-state index in [9.17, 15) is 13.2 Å². The maximum Gasteiger partial charge on any atom is 0.401 e. The Morgan fingerprint density at radius 1 is 1.35 bits per heavy atom. The van der Waals surface area contributed by atoms with Gasteiger partial charge in [-0.25, -0.2) is 0 Å². The van der Waals surface area contributed by atoms with Crippen molar-refractivity contribution in [2.45, 2.75) is 12.7 Å². The predicted molar refractivity (Wildman–Crippen MR) is 71.3 cm³/mol. The zero-order chi connectivity index (χ0) is 15.2. The summed E-state index contributed by atoms with van der Waals surface area (Å²) in [5.74, 6) is 6.09. The number of hydrogen-bond acceptors (Lipinski definition) is 3. The lowest BCUT2D eigenvalue weighted by Gasteiger charge is -2.20. The Balaban J connectivity index is 2.91. The van der Waals surface area contributed by atoms with E-state index in [1.54, 1.807) is 18.2 Å². The summed E-state index contributed by atoms with van der Waals surface area (Å²) in [6.07, 6.45) is -4.22. The van der Waals surface area contributed by atoms with Crippen molar-refractivity contribution in [3.05, 3.63) is 29.3 Å². The third-order valence-corrected chi connectivity index (χ3v) is 2.50. The van der Waals surface area contributed by atoms with Crippen LogP contribution in [0.1, 0.15) is 11.1 Å². The van der Waals surface area contributed by atoms with Gasteiger partial charge >= 0.3 is 6.18 Å². The zero-order valence-corrected chi connectivity index (χ0v) is 11.4. The van der Waals surface area contributed by atoms with Crippen molar-refractivity contribution in [3.63, 3.8) is 0 Å². The van der Waals surface area contributed by atoms with Gasteiger partial charge in [-0.3, -0.25) is 4.90 Å². The van der Waals surface area contributed by atoms with Crippen LogP contribution in [0.2, 0.25) is 0 Å². The van der Waals surface area contributed by atoms with Crippen molar-refractivity contribution in [2.75, 3.05) is 27.2 Å². The summed E-state index contributed by atoms with van der Waals surface area (Å²) >= 11 is 0. The van der Waals surface area contributed by atoms with E-state index in [0.717, 1.165) is 0 Å². The van der Waals surface area contributed by atoms with Gasteiger partial charge in [0.05, 0.1) is 20.2 Å². The molecule has 0 spiro atoms. The summed E-state index contributed by atoms with van der Waals surface area (Å²) in [5, 5.41) is 0. The van der Waals surface area contributed by atoms with E-state index in [1.165, 1.54) is 19.1 Å². The second-order valence-electron chi connectivity index (χ2n) is 4.32. The molecular weight excluding hydrogens is 269 g/mol. The van der Waals surface area contributed by atoms with E-state index < -0.39 is 12.7 Å². The van der Waals surface area contributed by atoms with Crippen molar-refractivity contribution in [1.82, 2.24) is 4.90 Å². The summed E-state index contributed by atoms with van der Waals surface area (Å²) in [5.41, 5.74) is 6.65. The Hall–Kier alpha value is -1.71. The molecular formula is C14H17F3N2O. The molecule has 6 heteroatoms. The second-order valence-corrected chi connectivity index (χ2v) is 4.32. The molecule has 0 aromatic heterocycles. The van der Waals surface area contributed by atoms with Gasteiger partial charge in [-0.05, 0) is 25.2 Å². The monoisotopic (exact) mass is 286 g/mol. The van der Waals surface area contributed by atoms with Crippen LogP contribution in [0.3, 0.4) is 0 Å². The number of nitrogens with two attached hydrogens (primary N) is 1. The third-order valence-electron chi connectivity index (χ3n) is 2.50. The molecule has 0 amide bonds. The Morgan fingerprint density at radius 3 is 2.60 bits per heavy atom. The summed E-state index contributed by atoms with van der Waals surface area (Å²) in [7, 11) is 2.89. The van der Waals surface area contributed by atoms with Gasteiger partial charge in [0, 0.05) is 17.7 Å². The zero-order valence-electron chi connectivity index (χ0n) is 11.4. The average molecular weight is 286 g/mol. The molecule has 0 unspecified atom stereocenters. The largest absolute Gasteiger partial charge is 0.496 e. The number of hydrogen-bond donors (Lipinski definition) is 1. The molecule has 1 aromatic rings. The molecule has 20 heavy (non-hydrogen) atoms. The maximum absolute atomic E-state index is 12.3. The van der Waals surface area contributed by atoms with Crippen LogP contribution in [0.5, 0.6) is 5.75 Å². The van der Waals surface area contributed by atoms with Crippen molar-refractivity contribution < 1.29 is 17.9 Å². The van der Waals surface area contributed by atoms with Crippen molar-refractivity contribution in [3.8, 4) is 17.6 Å². The van der Waals surface area contributed by atoms with Crippen LogP contribution in [0.25, 0.3) is 0 Å². The first-order chi connectivity index (χ1) is 9.35. The van der Waals surface area contributed by atoms with Gasteiger partial charge in [0.25, 0.3) is 0 Å². The molecule has 1 rings (SSSR count). The van der Waals surface area contributed by atoms with E-state index >= 15 is 0 Å². The van der Waals surface area contributed by atoms with Gasteiger partial charge < -0.3 is 10.5 Å². The summed E-state index contributed by atoms with van der Waals surface area (Å²) in [6, 6.07) is 5.15. The first-order valence-corrected chi connectivity index (χ1v) is 5.97. The van der Waals surface area contributed by atoms with Crippen LogP contribution < -0.4 is 10.5 Å². The highest BCUT2D eigenvalue weighted by Crippen LogP contribution is 2.23. The Labute approximate surface area is 116 Å². The minimum Gasteiger partial charge on any atom is -0.496 e. The van der Waals surface area contributed by atoms with E-state index in [0.29, 0.717) is 16.9 Å². The van der Waals surface area contributed by atoms with Crippen molar-refractivity contribution in [1.29, 1.82) is 0 Å². The molecule has 0 saturated carbocycles. The fourth-order valence-corrected chi connectivity index (χ4v) is 1.79. The molecule has 110 valence electrons. The Morgan fingerprint density at radius 2 is 2.05 bits per heavy atom. The van der Waals surface area contributed by atoms with Gasteiger partial charge in [-0.15, -0.1) is 0 Å². The minimum absolute atomic E-state index is 0.126. The minimum atomic E-state index is -4.22. The van der Waals surface area contributed by atoms with Gasteiger partial charge in [0.15, 0.2) is 0 Å². The summed E-state index contributed by atoms with van der Waals surface area (Å²) < 4.78 is 42.1. The SMILES string of the molecule is COc1ccc(C#CCN)cc1CN(C)CC(F)(F)F. The first kappa shape index (κ1) is 16.3. The van der Waals surface area contributed by atoms with E-state index in [2.05, 4.69) is 11.8 Å². The van der Waals surface area contributed by atoms with E-state index in [1.807, 2.05) is 0 Å². The number of halogens is 3. The van der Waals surface area contributed by atoms with Crippen LogP contribution in [-0.4, -0.2) is 38.3 Å². The van der Waals surface area contributed by atoms with E-state index in [-0.39, 0.29) is 13.1 Å². The molecule has 0 aliphatic rings. The fraction of sp³-hybridized carbons (Fsp3) is 0.429. The number of benzene rings is 1. The standard InChI is InChI=1S/C14H17F3N2O/c1-19(10-14(15,16)17)9-12-8-11(4-3-7-18)5-6-13(12)20-2/h5-6,8H,7,9-10,18H2,1-2H3. The van der Waals surface area contributed by atoms with Crippen LogP contribution in [-0.2, 0) is 6.54 Å². The molecule has 0 aliphatic heterocycles. The van der Waals surface area contributed by atoms with Gasteiger partial charge in [-0.2, -0.15) is 13.2 Å². The molecule has 0 bridgehead atoms. The average Bonchev–Trinajstić information content (AvgIpc) is 2.34. The molecule has 3 nitrogen and oxygen atoms in total. The van der Waals surface area contributed by atoms with Crippen molar-refractivity contribution in [2.24, 2.45) is 5.73 Å². The molecule has 0 heterocycles. The van der Waals surface area contributed by atoms with Crippen LogP contribution in [0.4, 0.5) is 13.2 Å². The number of alkyl halides is 3. The number of rotatable bonds is 4. The fourth-order valence-electron chi connectivity index (χ4n) is 1.79.